The Bertz CT molecular complexity index is 848. The number of aliphatic hydroxyl groups excluding tert-OH is 1. The van der Waals surface area contributed by atoms with E-state index in [1.54, 1.807) is 72.5 Å². The van der Waals surface area contributed by atoms with E-state index in [0.717, 1.165) is 7.11 Å². The van der Waals surface area contributed by atoms with E-state index < -0.39 is 11.9 Å². The minimum absolute atomic E-state index is 0.0602. The number of esters is 1. The molecule has 0 spiro atoms. The number of carbonyl (C=O) groups excluding carboxylic acids is 1. The molecule has 37 heavy (non-hydrogen) atoms. The van der Waals surface area contributed by atoms with Crippen molar-refractivity contribution in [2.45, 2.75) is 47.7 Å². The first-order valence-corrected chi connectivity index (χ1v) is 11.5. The highest BCUT2D eigenvalue weighted by atomic mass is 16.6. The van der Waals surface area contributed by atoms with Gasteiger partial charge in [0.15, 0.2) is 0 Å². The number of rotatable bonds is 6. The van der Waals surface area contributed by atoms with Crippen molar-refractivity contribution in [2.75, 3.05) is 13.7 Å². The molecule has 1 saturated heterocycles. The summed E-state index contributed by atoms with van der Waals surface area (Å²) >= 11 is 0. The average molecular weight is 526 g/mol. The molecule has 0 aliphatic carbocycles. The molecule has 14 nitrogen and oxygen atoms in total. The number of ether oxygens (including phenoxy) is 1. The van der Waals surface area contributed by atoms with Crippen LogP contribution in [0.5, 0.6) is 0 Å². The van der Waals surface area contributed by atoms with E-state index >= 15 is 0 Å². The second-order valence-corrected chi connectivity index (χ2v) is 7.12. The summed E-state index contributed by atoms with van der Waals surface area (Å²) in [6.45, 7) is 10.7. The highest BCUT2D eigenvalue weighted by molar-refractivity contribution is 5.76. The van der Waals surface area contributed by atoms with Crippen LogP contribution >= 0.6 is 0 Å². The summed E-state index contributed by atoms with van der Waals surface area (Å²) < 4.78 is 7.62. The molecule has 0 bridgehead atoms. The number of carbonyl (C=O) groups is 3. The van der Waals surface area contributed by atoms with E-state index in [0.29, 0.717) is 19.7 Å². The number of aromatic amines is 1. The first-order valence-electron chi connectivity index (χ1n) is 11.5. The third-order valence-electron chi connectivity index (χ3n) is 4.09. The Hall–Kier alpha value is -4.07. The molecule has 0 aromatic carbocycles. The molecule has 0 amide bonds. The second kappa shape index (κ2) is 22.4. The molecular weight excluding hydrogens is 486 g/mol. The number of H-pyrrole nitrogens is 1. The Kier molecular flexibility index (Phi) is 21.2. The number of hydrogen-bond acceptors (Lipinski definition) is 9. The van der Waals surface area contributed by atoms with E-state index in [1.165, 1.54) is 0 Å². The number of cyclic esters (lactones) is 1. The maximum absolute atomic E-state index is 10.4. The Morgan fingerprint density at radius 3 is 1.49 bits per heavy atom. The van der Waals surface area contributed by atoms with E-state index in [1.807, 2.05) is 20.8 Å². The zero-order valence-electron chi connectivity index (χ0n) is 22.1. The van der Waals surface area contributed by atoms with Crippen LogP contribution in [0.1, 0.15) is 34.6 Å². The summed E-state index contributed by atoms with van der Waals surface area (Å²) in [4.78, 5) is 30.8. The molecule has 3 atom stereocenters. The van der Waals surface area contributed by atoms with Gasteiger partial charge in [-0.15, -0.1) is 0 Å². The van der Waals surface area contributed by atoms with Gasteiger partial charge >= 0.3 is 17.9 Å². The van der Waals surface area contributed by atoms with Crippen LogP contribution in [0.25, 0.3) is 0 Å². The number of hydrogen-bond donors (Lipinski definition) is 4. The molecular formula is C23H39N7O7. The van der Waals surface area contributed by atoms with Crippen LogP contribution in [0.3, 0.4) is 0 Å². The topological polar surface area (TPSA) is 198 Å². The summed E-state index contributed by atoms with van der Waals surface area (Å²) in [5.41, 5.74) is 0. The molecule has 1 aliphatic heterocycles. The predicted molar refractivity (Wildman–Crippen MR) is 134 cm³/mol. The molecule has 1 aliphatic rings. The maximum Gasteiger partial charge on any atom is 0.312 e. The van der Waals surface area contributed by atoms with Gasteiger partial charge in [-0.25, -0.2) is 0 Å². The predicted octanol–water partition coefficient (Wildman–Crippen LogP) is 1.83. The highest BCUT2D eigenvalue weighted by Crippen LogP contribution is 2.08. The fraction of sp³-hybridized carbons (Fsp3) is 0.522. The van der Waals surface area contributed by atoms with Gasteiger partial charge in [-0.1, -0.05) is 27.7 Å². The normalized spacial score (nSPS) is 14.1. The van der Waals surface area contributed by atoms with Crippen LogP contribution in [0.15, 0.2) is 49.3 Å². The molecule has 1 fully saturated rings. The summed E-state index contributed by atoms with van der Waals surface area (Å²) in [5.74, 6) is -2.23. The fourth-order valence-corrected chi connectivity index (χ4v) is 2.02. The van der Waals surface area contributed by atoms with Gasteiger partial charge in [-0.05, 0) is 19.1 Å². The minimum atomic E-state index is -0.791. The highest BCUT2D eigenvalue weighted by Gasteiger charge is 2.24. The zero-order chi connectivity index (χ0) is 28.6. The maximum atomic E-state index is 10.4. The third kappa shape index (κ3) is 17.9. The second-order valence-electron chi connectivity index (χ2n) is 7.12. The summed E-state index contributed by atoms with van der Waals surface area (Å²) in [5, 5.41) is 41.2. The number of nitrogens with zero attached hydrogens (tertiary/aromatic N) is 6. The van der Waals surface area contributed by atoms with Gasteiger partial charge in [0.1, 0.15) is 6.61 Å². The van der Waals surface area contributed by atoms with Crippen molar-refractivity contribution in [1.82, 2.24) is 35.0 Å². The third-order valence-corrected chi connectivity index (χ3v) is 4.09. The molecule has 4 N–H and O–H groups in total. The molecule has 14 heteroatoms. The Morgan fingerprint density at radius 1 is 0.946 bits per heavy atom. The molecule has 3 aromatic rings. The van der Waals surface area contributed by atoms with Crippen molar-refractivity contribution in [3.8, 4) is 0 Å². The van der Waals surface area contributed by atoms with Crippen molar-refractivity contribution in [3.63, 3.8) is 0 Å². The van der Waals surface area contributed by atoms with Crippen LogP contribution in [-0.4, -0.2) is 81.9 Å². The number of aromatic nitrogens is 7. The zero-order valence-corrected chi connectivity index (χ0v) is 22.1. The van der Waals surface area contributed by atoms with E-state index in [-0.39, 0.29) is 23.7 Å². The van der Waals surface area contributed by atoms with Crippen molar-refractivity contribution in [3.05, 3.63) is 49.3 Å². The number of carboxylic acids is 2. The molecule has 0 unspecified atom stereocenters. The van der Waals surface area contributed by atoms with Gasteiger partial charge in [0, 0.05) is 31.9 Å². The van der Waals surface area contributed by atoms with Gasteiger partial charge in [0.25, 0.3) is 0 Å². The summed E-state index contributed by atoms with van der Waals surface area (Å²) in [6.07, 6.45) is 9.93. The van der Waals surface area contributed by atoms with E-state index in [9.17, 15) is 14.4 Å². The molecule has 0 saturated carbocycles. The van der Waals surface area contributed by atoms with Crippen LogP contribution < -0.4 is 0 Å². The lowest BCUT2D eigenvalue weighted by atomic mass is 10.1. The Labute approximate surface area is 216 Å². The van der Waals surface area contributed by atoms with E-state index in [2.05, 4.69) is 30.3 Å². The van der Waals surface area contributed by atoms with Gasteiger partial charge in [0.2, 0.25) is 0 Å². The largest absolute Gasteiger partial charge is 0.481 e. The Balaban J connectivity index is 0. The molecule has 4 rings (SSSR count). The van der Waals surface area contributed by atoms with Crippen LogP contribution in [0.2, 0.25) is 0 Å². The number of aliphatic hydroxyl groups is 1. The van der Waals surface area contributed by atoms with Gasteiger partial charge in [-0.2, -0.15) is 25.6 Å². The van der Waals surface area contributed by atoms with E-state index in [4.69, 9.17) is 15.3 Å². The lowest BCUT2D eigenvalue weighted by Crippen LogP contribution is -2.31. The van der Waals surface area contributed by atoms with Crippen molar-refractivity contribution in [1.29, 1.82) is 0 Å². The lowest BCUT2D eigenvalue weighted by Gasteiger charge is -2.19. The average Bonchev–Trinajstić information content (AvgIpc) is 3.72. The Morgan fingerprint density at radius 2 is 1.32 bits per heavy atom. The lowest BCUT2D eigenvalue weighted by molar-refractivity contribution is -0.166. The van der Waals surface area contributed by atoms with Crippen LogP contribution in [0, 0.1) is 17.8 Å². The van der Waals surface area contributed by atoms with Crippen LogP contribution in [-0.2, 0) is 32.2 Å². The molecule has 208 valence electrons. The molecule has 0 radical (unpaired) electrons. The summed E-state index contributed by atoms with van der Waals surface area (Å²) in [6, 6.07) is 3.54. The van der Waals surface area contributed by atoms with Gasteiger partial charge in [0.05, 0.1) is 43.2 Å². The van der Waals surface area contributed by atoms with Crippen molar-refractivity contribution >= 4 is 17.9 Å². The SMILES string of the molecule is CC.CO.C[C@@H](Cn1cccn1)C(=O)O.C[C@@H](Cn1cccn1)C(=O)O.C[C@H]1COC1=O.c1cn[nH]n1. The quantitative estimate of drug-likeness (QED) is 0.342. The minimum Gasteiger partial charge on any atom is -0.481 e. The molecule has 3 aromatic heterocycles. The first kappa shape index (κ1) is 35.1. The smallest absolute Gasteiger partial charge is 0.312 e. The van der Waals surface area contributed by atoms with Crippen LogP contribution in [0.4, 0.5) is 0 Å². The molecule has 4 heterocycles. The van der Waals surface area contributed by atoms with Crippen molar-refractivity contribution < 1.29 is 34.4 Å². The van der Waals surface area contributed by atoms with Crippen molar-refractivity contribution in [2.24, 2.45) is 17.8 Å². The number of carboxylic acid groups (broad SMARTS) is 2. The fourth-order valence-electron chi connectivity index (χ4n) is 2.02. The number of nitrogens with one attached hydrogen (secondary N) is 1. The van der Waals surface area contributed by atoms with Gasteiger partial charge in [-0.3, -0.25) is 23.7 Å². The monoisotopic (exact) mass is 525 g/mol. The first-order chi connectivity index (χ1) is 17.7. The standard InChI is InChI=1S/2C7H10N2O2.C4H6O2.C2H3N3.C2H6.CH4O/c2*1-6(7(10)11)5-9-4-2-3-8-9;1-3-2-6-4(3)5;1-2-4-5-3-1;2*1-2/h2*2-4,6H,5H2,1H3,(H,10,11);3H,2H2,1H3;1-2H,(H,3,4,5);1-2H3;2H,1H3/t2*6-;3-;;;/m000.../s1. The summed E-state index contributed by atoms with van der Waals surface area (Å²) in [7, 11) is 1.00. The number of aliphatic carboxylic acids is 2. The van der Waals surface area contributed by atoms with Gasteiger partial charge < -0.3 is 20.1 Å².